The fourth-order valence-corrected chi connectivity index (χ4v) is 2.09. The fraction of sp³-hybridized carbons (Fsp3) is 0.176. The number of benzene rings is 1. The van der Waals surface area contributed by atoms with Gasteiger partial charge in [0.2, 0.25) is 5.91 Å². The van der Waals surface area contributed by atoms with Crippen molar-refractivity contribution in [2.24, 2.45) is 0 Å². The molecule has 1 aromatic carbocycles. The molecule has 0 aliphatic rings. The lowest BCUT2D eigenvalue weighted by atomic mass is 10.0. The van der Waals surface area contributed by atoms with Crippen molar-refractivity contribution < 1.29 is 9.53 Å². The van der Waals surface area contributed by atoms with Crippen LogP contribution in [0.3, 0.4) is 0 Å². The number of aromatic nitrogens is 1. The zero-order valence-corrected chi connectivity index (χ0v) is 12.2. The summed E-state index contributed by atoms with van der Waals surface area (Å²) >= 11 is 0. The first kappa shape index (κ1) is 14.8. The van der Waals surface area contributed by atoms with Gasteiger partial charge in [0.25, 0.3) is 0 Å². The normalized spacial score (nSPS) is 11.5. The molecule has 1 amide bonds. The lowest BCUT2D eigenvalue weighted by Gasteiger charge is -2.14. The summed E-state index contributed by atoms with van der Waals surface area (Å²) in [6, 6.07) is 9.83. The molecule has 0 saturated heterocycles. The van der Waals surface area contributed by atoms with Gasteiger partial charge >= 0.3 is 0 Å². The second-order valence-corrected chi connectivity index (χ2v) is 4.63. The third-order valence-corrected chi connectivity index (χ3v) is 3.27. The smallest absolute Gasteiger partial charge is 0.243 e. The summed E-state index contributed by atoms with van der Waals surface area (Å²) in [5.41, 5.74) is 3.06. The number of pyridine rings is 1. The molecule has 0 unspecified atom stereocenters. The molecule has 1 heterocycles. The second-order valence-electron chi connectivity index (χ2n) is 4.63. The summed E-state index contributed by atoms with van der Waals surface area (Å²) in [4.78, 5) is 15.4. The maximum atomic E-state index is 11.3. The van der Waals surface area contributed by atoms with Crippen molar-refractivity contribution in [1.29, 1.82) is 0 Å². The maximum Gasteiger partial charge on any atom is 0.243 e. The van der Waals surface area contributed by atoms with Gasteiger partial charge < -0.3 is 10.1 Å². The largest absolute Gasteiger partial charge is 0.494 e. The third kappa shape index (κ3) is 3.48. The van der Waals surface area contributed by atoms with Gasteiger partial charge in [0.15, 0.2) is 0 Å². The second kappa shape index (κ2) is 6.70. The zero-order chi connectivity index (χ0) is 15.2. The molecule has 1 N–H and O–H groups in total. The van der Waals surface area contributed by atoms with E-state index in [-0.39, 0.29) is 11.9 Å². The molecular formula is C17H18N2O2. The van der Waals surface area contributed by atoms with Gasteiger partial charge in [-0.2, -0.15) is 0 Å². The van der Waals surface area contributed by atoms with Crippen molar-refractivity contribution in [2.45, 2.75) is 13.0 Å². The van der Waals surface area contributed by atoms with Gasteiger partial charge in [0.1, 0.15) is 5.75 Å². The van der Waals surface area contributed by atoms with Gasteiger partial charge in [-0.15, -0.1) is 0 Å². The molecule has 0 aliphatic carbocycles. The van der Waals surface area contributed by atoms with Gasteiger partial charge in [-0.1, -0.05) is 30.8 Å². The monoisotopic (exact) mass is 282 g/mol. The highest BCUT2D eigenvalue weighted by molar-refractivity contribution is 5.87. The van der Waals surface area contributed by atoms with E-state index < -0.39 is 0 Å². The van der Waals surface area contributed by atoms with Crippen molar-refractivity contribution >= 4 is 5.91 Å². The molecule has 21 heavy (non-hydrogen) atoms. The minimum Gasteiger partial charge on any atom is -0.494 e. The molecule has 4 heteroatoms. The van der Waals surface area contributed by atoms with Crippen molar-refractivity contribution in [3.8, 4) is 16.9 Å². The van der Waals surface area contributed by atoms with E-state index in [0.717, 1.165) is 22.4 Å². The Kier molecular flexibility index (Phi) is 4.72. The number of hydrogen-bond donors (Lipinski definition) is 1. The first-order valence-corrected chi connectivity index (χ1v) is 6.67. The minimum absolute atomic E-state index is 0.0658. The van der Waals surface area contributed by atoms with Crippen LogP contribution >= 0.6 is 0 Å². The van der Waals surface area contributed by atoms with E-state index >= 15 is 0 Å². The molecule has 0 aliphatic heterocycles. The number of hydrogen-bond acceptors (Lipinski definition) is 3. The summed E-state index contributed by atoms with van der Waals surface area (Å²) in [6.45, 7) is 5.38. The average Bonchev–Trinajstić information content (AvgIpc) is 2.54. The highest BCUT2D eigenvalue weighted by atomic mass is 16.5. The number of methoxy groups -OCH3 is 1. The highest BCUT2D eigenvalue weighted by Gasteiger charge is 2.09. The van der Waals surface area contributed by atoms with E-state index in [1.807, 2.05) is 37.3 Å². The first-order chi connectivity index (χ1) is 10.2. The van der Waals surface area contributed by atoms with Gasteiger partial charge in [0, 0.05) is 11.8 Å². The minimum atomic E-state index is -0.178. The van der Waals surface area contributed by atoms with Crippen molar-refractivity contribution in [3.05, 3.63) is 60.9 Å². The zero-order valence-electron chi connectivity index (χ0n) is 12.2. The Balaban J connectivity index is 2.22. The molecule has 0 spiro atoms. The summed E-state index contributed by atoms with van der Waals surface area (Å²) in [7, 11) is 1.63. The number of carbonyl (C=O) groups is 1. The topological polar surface area (TPSA) is 51.2 Å². The van der Waals surface area contributed by atoms with E-state index in [1.165, 1.54) is 6.08 Å². The first-order valence-electron chi connectivity index (χ1n) is 6.67. The van der Waals surface area contributed by atoms with Crippen molar-refractivity contribution in [2.75, 3.05) is 7.11 Å². The Labute approximate surface area is 124 Å². The van der Waals surface area contributed by atoms with E-state index in [9.17, 15) is 4.79 Å². The van der Waals surface area contributed by atoms with Crippen LogP contribution in [0.25, 0.3) is 11.1 Å². The third-order valence-electron chi connectivity index (χ3n) is 3.27. The Morgan fingerprint density at radius 3 is 2.67 bits per heavy atom. The van der Waals surface area contributed by atoms with Crippen LogP contribution in [-0.4, -0.2) is 18.0 Å². The molecule has 1 atom stereocenters. The molecule has 108 valence electrons. The van der Waals surface area contributed by atoms with Crippen LogP contribution in [0.1, 0.15) is 18.5 Å². The Morgan fingerprint density at radius 2 is 2.05 bits per heavy atom. The van der Waals surface area contributed by atoms with E-state index in [2.05, 4.69) is 16.9 Å². The van der Waals surface area contributed by atoms with Crippen LogP contribution < -0.4 is 10.1 Å². The lowest BCUT2D eigenvalue weighted by Crippen LogP contribution is -2.24. The highest BCUT2D eigenvalue weighted by Crippen LogP contribution is 2.29. The molecule has 2 rings (SSSR count). The Hall–Kier alpha value is -2.62. The molecule has 1 aromatic heterocycles. The number of nitrogens with one attached hydrogen (secondary N) is 1. The number of nitrogens with zero attached hydrogens (tertiary/aromatic N) is 1. The number of ether oxygens (including phenoxy) is 1. The summed E-state index contributed by atoms with van der Waals surface area (Å²) in [5, 5.41) is 2.84. The molecule has 4 nitrogen and oxygen atoms in total. The van der Waals surface area contributed by atoms with Gasteiger partial charge in [-0.25, -0.2) is 0 Å². The fourth-order valence-electron chi connectivity index (χ4n) is 2.09. The summed E-state index contributed by atoms with van der Waals surface area (Å²) in [6.07, 6.45) is 4.70. The standard InChI is InChI=1S/C17H18N2O2/c1-4-17(20)19-12(2)13-5-7-14(8-6-13)15-9-10-18-11-16(15)21-3/h4-12H,1H2,2-3H3,(H,19,20)/t12-/m1/s1. The number of amides is 1. The van der Waals surface area contributed by atoms with Gasteiger partial charge in [-0.3, -0.25) is 9.78 Å². The Morgan fingerprint density at radius 1 is 1.33 bits per heavy atom. The van der Waals surface area contributed by atoms with Gasteiger partial charge in [-0.05, 0) is 30.2 Å². The maximum absolute atomic E-state index is 11.3. The van der Waals surface area contributed by atoms with Crippen molar-refractivity contribution in [1.82, 2.24) is 10.3 Å². The van der Waals surface area contributed by atoms with Crippen LogP contribution in [0.4, 0.5) is 0 Å². The average molecular weight is 282 g/mol. The molecule has 0 saturated carbocycles. The van der Waals surface area contributed by atoms with Crippen LogP contribution in [0.5, 0.6) is 5.75 Å². The van der Waals surface area contributed by atoms with Crippen LogP contribution in [0.15, 0.2) is 55.4 Å². The predicted octanol–water partition coefficient (Wildman–Crippen LogP) is 3.12. The van der Waals surface area contributed by atoms with E-state index in [1.54, 1.807) is 19.5 Å². The number of carbonyl (C=O) groups excluding carboxylic acids is 1. The quantitative estimate of drug-likeness (QED) is 0.857. The summed E-state index contributed by atoms with van der Waals surface area (Å²) < 4.78 is 5.31. The van der Waals surface area contributed by atoms with Gasteiger partial charge in [0.05, 0.1) is 19.3 Å². The molecule has 2 aromatic rings. The molecule has 0 bridgehead atoms. The molecule has 0 fully saturated rings. The van der Waals surface area contributed by atoms with Crippen LogP contribution in [0.2, 0.25) is 0 Å². The van der Waals surface area contributed by atoms with Crippen LogP contribution in [-0.2, 0) is 4.79 Å². The summed E-state index contributed by atoms with van der Waals surface area (Å²) in [5.74, 6) is 0.556. The predicted molar refractivity (Wildman–Crippen MR) is 83.0 cm³/mol. The molecule has 0 radical (unpaired) electrons. The SMILES string of the molecule is C=CC(=O)N[C@H](C)c1ccc(-c2ccncc2OC)cc1. The van der Waals surface area contributed by atoms with E-state index in [0.29, 0.717) is 0 Å². The molecular weight excluding hydrogens is 264 g/mol. The van der Waals surface area contributed by atoms with Crippen molar-refractivity contribution in [3.63, 3.8) is 0 Å². The Bertz CT molecular complexity index is 635. The lowest BCUT2D eigenvalue weighted by molar-refractivity contribution is -0.117. The van der Waals surface area contributed by atoms with Crippen LogP contribution in [0, 0.1) is 0 Å². The number of rotatable bonds is 5. The van der Waals surface area contributed by atoms with E-state index in [4.69, 9.17) is 4.74 Å².